The van der Waals surface area contributed by atoms with Crippen LogP contribution < -0.4 is 5.32 Å². The Kier molecular flexibility index (Phi) is 6.01. The highest BCUT2D eigenvalue weighted by Gasteiger charge is 2.19. The Morgan fingerprint density at radius 1 is 1.47 bits per heavy atom. The SMILES string of the molecule is C/C=C/CC(NC(=O)c1ccc(C)c(I)c1)C(=O)O. The third-order valence-electron chi connectivity index (χ3n) is 2.64. The summed E-state index contributed by atoms with van der Waals surface area (Å²) in [5.41, 5.74) is 1.56. The summed E-state index contributed by atoms with van der Waals surface area (Å²) in [6.45, 7) is 3.76. The quantitative estimate of drug-likeness (QED) is 0.616. The van der Waals surface area contributed by atoms with Crippen molar-refractivity contribution in [3.63, 3.8) is 0 Å². The van der Waals surface area contributed by atoms with Gasteiger partial charge in [0.15, 0.2) is 0 Å². The van der Waals surface area contributed by atoms with Crippen LogP contribution in [0.3, 0.4) is 0 Å². The van der Waals surface area contributed by atoms with Gasteiger partial charge in [-0.15, -0.1) is 0 Å². The lowest BCUT2D eigenvalue weighted by atomic mass is 10.1. The van der Waals surface area contributed by atoms with E-state index in [1.54, 1.807) is 24.3 Å². The van der Waals surface area contributed by atoms with Gasteiger partial charge in [-0.1, -0.05) is 18.2 Å². The molecule has 4 nitrogen and oxygen atoms in total. The monoisotopic (exact) mass is 373 g/mol. The molecule has 0 aliphatic heterocycles. The molecule has 19 heavy (non-hydrogen) atoms. The first-order chi connectivity index (χ1) is 8.95. The van der Waals surface area contributed by atoms with E-state index in [0.717, 1.165) is 9.13 Å². The van der Waals surface area contributed by atoms with Crippen molar-refractivity contribution in [2.75, 3.05) is 0 Å². The molecule has 0 aliphatic carbocycles. The molecule has 0 heterocycles. The smallest absolute Gasteiger partial charge is 0.326 e. The third kappa shape index (κ3) is 4.66. The van der Waals surface area contributed by atoms with Gasteiger partial charge in [0.1, 0.15) is 6.04 Å². The van der Waals surface area contributed by atoms with Crippen molar-refractivity contribution >= 4 is 34.5 Å². The lowest BCUT2D eigenvalue weighted by Gasteiger charge is -2.13. The van der Waals surface area contributed by atoms with Crippen LogP contribution in [0.4, 0.5) is 0 Å². The molecule has 1 aromatic rings. The van der Waals surface area contributed by atoms with Crippen molar-refractivity contribution in [1.82, 2.24) is 5.32 Å². The number of benzene rings is 1. The summed E-state index contributed by atoms with van der Waals surface area (Å²) in [5.74, 6) is -1.40. The van der Waals surface area contributed by atoms with E-state index in [4.69, 9.17) is 5.11 Å². The molecular formula is C14H16INO3. The fraction of sp³-hybridized carbons (Fsp3) is 0.286. The van der Waals surface area contributed by atoms with Crippen molar-refractivity contribution in [1.29, 1.82) is 0 Å². The van der Waals surface area contributed by atoms with Gasteiger partial charge in [-0.25, -0.2) is 4.79 Å². The maximum atomic E-state index is 12.0. The van der Waals surface area contributed by atoms with E-state index >= 15 is 0 Å². The second-order valence-corrected chi connectivity index (χ2v) is 5.30. The van der Waals surface area contributed by atoms with E-state index in [2.05, 4.69) is 27.9 Å². The first kappa shape index (κ1) is 15.7. The molecule has 1 rings (SSSR count). The van der Waals surface area contributed by atoms with Gasteiger partial charge in [-0.3, -0.25) is 4.79 Å². The van der Waals surface area contributed by atoms with Crippen LogP contribution in [0.25, 0.3) is 0 Å². The van der Waals surface area contributed by atoms with E-state index in [1.165, 1.54) is 0 Å². The van der Waals surface area contributed by atoms with Crippen molar-refractivity contribution in [2.45, 2.75) is 26.3 Å². The fourth-order valence-corrected chi connectivity index (χ4v) is 1.98. The average Bonchev–Trinajstić information content (AvgIpc) is 2.37. The first-order valence-corrected chi connectivity index (χ1v) is 6.94. The number of carboxylic acid groups (broad SMARTS) is 1. The number of amides is 1. The molecule has 0 aliphatic rings. The van der Waals surface area contributed by atoms with Gasteiger partial charge >= 0.3 is 5.97 Å². The molecule has 1 unspecified atom stereocenters. The summed E-state index contributed by atoms with van der Waals surface area (Å²) in [7, 11) is 0. The summed E-state index contributed by atoms with van der Waals surface area (Å²) in [5, 5.41) is 11.6. The Balaban J connectivity index is 2.81. The largest absolute Gasteiger partial charge is 0.480 e. The number of hydrogen-bond acceptors (Lipinski definition) is 2. The summed E-state index contributed by atoms with van der Waals surface area (Å²) in [6.07, 6.45) is 3.76. The number of carbonyl (C=O) groups excluding carboxylic acids is 1. The molecule has 1 atom stereocenters. The minimum atomic E-state index is -1.03. The van der Waals surface area contributed by atoms with Gasteiger partial charge in [0.05, 0.1) is 0 Å². The van der Waals surface area contributed by atoms with Crippen molar-refractivity contribution < 1.29 is 14.7 Å². The van der Waals surface area contributed by atoms with Crippen LogP contribution in [0.2, 0.25) is 0 Å². The third-order valence-corrected chi connectivity index (χ3v) is 3.81. The van der Waals surface area contributed by atoms with Crippen molar-refractivity contribution in [2.24, 2.45) is 0 Å². The molecule has 0 bridgehead atoms. The van der Waals surface area contributed by atoms with Gasteiger partial charge in [-0.05, 0) is 60.6 Å². The van der Waals surface area contributed by atoms with E-state index in [-0.39, 0.29) is 12.3 Å². The molecular weight excluding hydrogens is 357 g/mol. The number of aliphatic carboxylic acids is 1. The van der Waals surface area contributed by atoms with Gasteiger partial charge in [0, 0.05) is 9.13 Å². The van der Waals surface area contributed by atoms with E-state index < -0.39 is 12.0 Å². The van der Waals surface area contributed by atoms with Crippen LogP contribution in [0, 0.1) is 10.5 Å². The van der Waals surface area contributed by atoms with Gasteiger partial charge in [0.25, 0.3) is 5.91 Å². The molecule has 2 N–H and O–H groups in total. The summed E-state index contributed by atoms with van der Waals surface area (Å²) < 4.78 is 0.977. The van der Waals surface area contributed by atoms with E-state index in [1.807, 2.05) is 19.9 Å². The van der Waals surface area contributed by atoms with Crippen LogP contribution in [0.15, 0.2) is 30.4 Å². The van der Waals surface area contributed by atoms with Crippen LogP contribution in [-0.4, -0.2) is 23.0 Å². The molecule has 0 spiro atoms. The van der Waals surface area contributed by atoms with Gasteiger partial charge in [0.2, 0.25) is 0 Å². The Morgan fingerprint density at radius 3 is 2.68 bits per heavy atom. The molecule has 5 heteroatoms. The zero-order chi connectivity index (χ0) is 14.4. The number of halogens is 1. The van der Waals surface area contributed by atoms with Crippen molar-refractivity contribution in [3.8, 4) is 0 Å². The number of carbonyl (C=O) groups is 2. The summed E-state index contributed by atoms with van der Waals surface area (Å²) in [6, 6.07) is 4.39. The predicted octanol–water partition coefficient (Wildman–Crippen LogP) is 2.75. The second-order valence-electron chi connectivity index (χ2n) is 4.13. The maximum absolute atomic E-state index is 12.0. The molecule has 0 fully saturated rings. The Morgan fingerprint density at radius 2 is 2.16 bits per heavy atom. The fourth-order valence-electron chi connectivity index (χ4n) is 1.47. The highest BCUT2D eigenvalue weighted by atomic mass is 127. The van der Waals surface area contributed by atoms with Crippen LogP contribution >= 0.6 is 22.6 Å². The number of hydrogen-bond donors (Lipinski definition) is 2. The Hall–Kier alpha value is -1.37. The number of allylic oxidation sites excluding steroid dienone is 1. The van der Waals surface area contributed by atoms with Crippen LogP contribution in [-0.2, 0) is 4.79 Å². The minimum Gasteiger partial charge on any atom is -0.480 e. The average molecular weight is 373 g/mol. The highest BCUT2D eigenvalue weighted by molar-refractivity contribution is 14.1. The van der Waals surface area contributed by atoms with Gasteiger partial charge < -0.3 is 10.4 Å². The molecule has 1 aromatic carbocycles. The van der Waals surface area contributed by atoms with E-state index in [9.17, 15) is 9.59 Å². The molecule has 1 amide bonds. The minimum absolute atomic E-state index is 0.278. The normalized spacial score (nSPS) is 12.4. The van der Waals surface area contributed by atoms with Crippen LogP contribution in [0.5, 0.6) is 0 Å². The van der Waals surface area contributed by atoms with Gasteiger partial charge in [-0.2, -0.15) is 0 Å². The topological polar surface area (TPSA) is 66.4 Å². The molecule has 0 saturated heterocycles. The summed E-state index contributed by atoms with van der Waals surface area (Å²) in [4.78, 5) is 23.0. The zero-order valence-electron chi connectivity index (χ0n) is 10.8. The standard InChI is InChI=1S/C14H16INO3/c1-3-4-5-12(14(18)19)16-13(17)10-7-6-9(2)11(15)8-10/h3-4,6-8,12H,5H2,1-2H3,(H,16,17)(H,18,19)/b4-3+. The lowest BCUT2D eigenvalue weighted by Crippen LogP contribution is -2.40. The van der Waals surface area contributed by atoms with Crippen molar-refractivity contribution in [3.05, 3.63) is 45.0 Å². The number of rotatable bonds is 5. The zero-order valence-corrected chi connectivity index (χ0v) is 13.0. The first-order valence-electron chi connectivity index (χ1n) is 5.86. The highest BCUT2D eigenvalue weighted by Crippen LogP contribution is 2.13. The number of aryl methyl sites for hydroxylation is 1. The molecule has 102 valence electrons. The van der Waals surface area contributed by atoms with Crippen LogP contribution in [0.1, 0.15) is 29.3 Å². The lowest BCUT2D eigenvalue weighted by molar-refractivity contribution is -0.139. The Labute approximate surface area is 126 Å². The predicted molar refractivity (Wildman–Crippen MR) is 82.2 cm³/mol. The molecule has 0 aromatic heterocycles. The number of carboxylic acids is 1. The van der Waals surface area contributed by atoms with E-state index in [0.29, 0.717) is 5.56 Å². The number of nitrogens with one attached hydrogen (secondary N) is 1. The maximum Gasteiger partial charge on any atom is 0.326 e. The summed E-state index contributed by atoms with van der Waals surface area (Å²) >= 11 is 2.15. The molecule has 0 radical (unpaired) electrons. The molecule has 0 saturated carbocycles. The Bertz CT molecular complexity index is 511. The second kappa shape index (κ2) is 7.28.